The largest absolute Gasteiger partial charge is 0.379 e. The van der Waals surface area contributed by atoms with E-state index in [0.29, 0.717) is 5.56 Å². The highest BCUT2D eigenvalue weighted by atomic mass is 32.2. The first kappa shape index (κ1) is 23.7. The molecule has 0 saturated carbocycles. The average molecular weight is 487 g/mol. The number of non-ortho nitro benzene ring substituents is 1. The second-order valence-corrected chi connectivity index (χ2v) is 7.94. The molecule has 3 aromatic carbocycles. The van der Waals surface area contributed by atoms with Crippen LogP contribution in [0.1, 0.15) is 5.56 Å². The third-order valence-corrected chi connectivity index (χ3v) is 5.48. The molecule has 0 fully saturated rings. The zero-order chi connectivity index (χ0) is 24.9. The smallest absolute Gasteiger partial charge is 0.346 e. The van der Waals surface area contributed by atoms with E-state index in [4.69, 9.17) is 4.18 Å². The van der Waals surface area contributed by atoms with Gasteiger partial charge in [0.1, 0.15) is 11.4 Å². The first-order valence-corrected chi connectivity index (χ1v) is 10.5. The Morgan fingerprint density at radius 2 is 1.53 bits per heavy atom. The van der Waals surface area contributed by atoms with Crippen LogP contribution in [0.3, 0.4) is 0 Å². The van der Waals surface area contributed by atoms with Crippen molar-refractivity contribution in [2.75, 3.05) is 5.43 Å². The maximum Gasteiger partial charge on any atom is 0.346 e. The van der Waals surface area contributed by atoms with Gasteiger partial charge < -0.3 is 4.18 Å². The van der Waals surface area contributed by atoms with Crippen molar-refractivity contribution in [3.8, 4) is 5.75 Å². The van der Waals surface area contributed by atoms with Crippen molar-refractivity contribution < 1.29 is 27.4 Å². The van der Waals surface area contributed by atoms with E-state index in [-0.39, 0.29) is 11.4 Å². The summed E-state index contributed by atoms with van der Waals surface area (Å²) in [5, 5.41) is 36.9. The van der Waals surface area contributed by atoms with Crippen LogP contribution in [0.4, 0.5) is 22.7 Å². The molecule has 14 nitrogen and oxygen atoms in total. The zero-order valence-electron chi connectivity index (χ0n) is 16.8. The summed E-state index contributed by atoms with van der Waals surface area (Å²) in [4.78, 5) is 30.0. The molecule has 3 rings (SSSR count). The molecule has 0 aliphatic heterocycles. The highest BCUT2D eigenvalue weighted by Crippen LogP contribution is 2.29. The number of para-hydroxylation sites is 1. The van der Waals surface area contributed by atoms with Gasteiger partial charge in [-0.05, 0) is 29.8 Å². The Labute approximate surface area is 190 Å². The predicted octanol–water partition coefficient (Wildman–Crippen LogP) is 3.62. The van der Waals surface area contributed by atoms with Crippen LogP contribution in [0.5, 0.6) is 5.75 Å². The lowest BCUT2D eigenvalue weighted by molar-refractivity contribution is -0.393. The number of hydrogen-bond donors (Lipinski definition) is 1. The number of nitrogens with one attached hydrogen (secondary N) is 1. The minimum atomic E-state index is -4.53. The predicted molar refractivity (Wildman–Crippen MR) is 118 cm³/mol. The number of nitro benzene ring substituents is 3. The first-order valence-electron chi connectivity index (χ1n) is 9.08. The molecule has 34 heavy (non-hydrogen) atoms. The van der Waals surface area contributed by atoms with Crippen molar-refractivity contribution >= 4 is 39.1 Å². The summed E-state index contributed by atoms with van der Waals surface area (Å²) in [6.07, 6.45) is 1.19. The quantitative estimate of drug-likeness (QED) is 0.201. The van der Waals surface area contributed by atoms with Gasteiger partial charge in [-0.3, -0.25) is 35.8 Å². The Hall–Kier alpha value is -4.92. The summed E-state index contributed by atoms with van der Waals surface area (Å²) in [6, 6.07) is 13.2. The number of nitro groups is 3. The average Bonchev–Trinajstić information content (AvgIpc) is 2.79. The van der Waals surface area contributed by atoms with E-state index < -0.39 is 46.8 Å². The van der Waals surface area contributed by atoms with Crippen LogP contribution in [0.15, 0.2) is 76.7 Å². The minimum Gasteiger partial charge on any atom is -0.379 e. The van der Waals surface area contributed by atoms with E-state index >= 15 is 0 Å². The van der Waals surface area contributed by atoms with Gasteiger partial charge in [0, 0.05) is 12.1 Å². The second-order valence-electron chi connectivity index (χ2n) is 6.42. The van der Waals surface area contributed by atoms with Gasteiger partial charge in [0.2, 0.25) is 0 Å². The summed E-state index contributed by atoms with van der Waals surface area (Å²) in [7, 11) is -4.53. The Bertz CT molecular complexity index is 1420. The Morgan fingerprint density at radius 3 is 2.21 bits per heavy atom. The standard InChI is InChI=1S/C19H13N5O9S/c25-22(26)14-8-9-16(18(11-14)24(29)30)21-20-12-13-4-3-5-15(10-13)33-34(31,32)19-7-2-1-6-17(19)23(27)28/h1-12,21H/b20-12-. The lowest BCUT2D eigenvalue weighted by Crippen LogP contribution is -2.12. The fourth-order valence-corrected chi connectivity index (χ4v) is 3.78. The Morgan fingerprint density at radius 1 is 0.824 bits per heavy atom. The number of anilines is 1. The van der Waals surface area contributed by atoms with Gasteiger partial charge in [0.05, 0.1) is 27.1 Å². The molecule has 1 N–H and O–H groups in total. The van der Waals surface area contributed by atoms with E-state index in [1.165, 1.54) is 42.6 Å². The van der Waals surface area contributed by atoms with E-state index in [2.05, 4.69) is 10.5 Å². The van der Waals surface area contributed by atoms with Crippen LogP contribution < -0.4 is 9.61 Å². The van der Waals surface area contributed by atoms with E-state index in [0.717, 1.165) is 30.3 Å². The maximum absolute atomic E-state index is 12.5. The third kappa shape index (κ3) is 5.46. The molecule has 15 heteroatoms. The van der Waals surface area contributed by atoms with E-state index in [9.17, 15) is 38.8 Å². The lowest BCUT2D eigenvalue weighted by Gasteiger charge is -2.08. The zero-order valence-corrected chi connectivity index (χ0v) is 17.6. The first-order chi connectivity index (χ1) is 16.1. The van der Waals surface area contributed by atoms with Gasteiger partial charge in [-0.15, -0.1) is 0 Å². The van der Waals surface area contributed by atoms with Gasteiger partial charge in [-0.1, -0.05) is 24.3 Å². The normalized spacial score (nSPS) is 11.2. The number of benzene rings is 3. The van der Waals surface area contributed by atoms with Crippen LogP contribution >= 0.6 is 0 Å². The van der Waals surface area contributed by atoms with Gasteiger partial charge >= 0.3 is 15.8 Å². The molecule has 0 bridgehead atoms. The third-order valence-electron chi connectivity index (χ3n) is 4.18. The van der Waals surface area contributed by atoms with Gasteiger partial charge in [-0.25, -0.2) is 0 Å². The van der Waals surface area contributed by atoms with Crippen molar-refractivity contribution in [2.24, 2.45) is 5.10 Å². The highest BCUT2D eigenvalue weighted by Gasteiger charge is 2.27. The molecule has 0 aliphatic rings. The molecule has 0 aliphatic carbocycles. The summed E-state index contributed by atoms with van der Waals surface area (Å²) in [6.45, 7) is 0. The topological polar surface area (TPSA) is 197 Å². The molecule has 0 saturated heterocycles. The van der Waals surface area contributed by atoms with Crippen molar-refractivity contribution in [1.29, 1.82) is 0 Å². The van der Waals surface area contributed by atoms with Crippen LogP contribution in [0.25, 0.3) is 0 Å². The summed E-state index contributed by atoms with van der Waals surface area (Å²) in [5.74, 6) is -0.164. The molecule has 0 radical (unpaired) electrons. The van der Waals surface area contributed by atoms with Crippen molar-refractivity contribution in [3.05, 3.63) is 103 Å². The molecule has 3 aromatic rings. The van der Waals surface area contributed by atoms with Crippen LogP contribution in [-0.2, 0) is 10.1 Å². The van der Waals surface area contributed by atoms with E-state index in [1.54, 1.807) is 0 Å². The number of rotatable bonds is 9. The monoisotopic (exact) mass is 487 g/mol. The molecule has 0 amide bonds. The number of hydrazone groups is 1. The second kappa shape index (κ2) is 9.70. The lowest BCUT2D eigenvalue weighted by atomic mass is 10.2. The maximum atomic E-state index is 12.5. The molecule has 0 atom stereocenters. The molecule has 174 valence electrons. The molecule has 0 aromatic heterocycles. The van der Waals surface area contributed by atoms with Crippen LogP contribution in [-0.4, -0.2) is 29.4 Å². The SMILES string of the molecule is O=[N+]([O-])c1ccc(N/N=C\c2cccc(OS(=O)(=O)c3ccccc3[N+](=O)[O-])c2)c([N+](=O)[O-])c1. The number of nitrogens with zero attached hydrogens (tertiary/aromatic N) is 4. The molecule has 0 unspecified atom stereocenters. The van der Waals surface area contributed by atoms with Crippen LogP contribution in [0.2, 0.25) is 0 Å². The Balaban J connectivity index is 1.80. The van der Waals surface area contributed by atoms with Crippen molar-refractivity contribution in [2.45, 2.75) is 4.90 Å². The molecular formula is C19H13N5O9S. The summed E-state index contributed by atoms with van der Waals surface area (Å²) >= 11 is 0. The fourth-order valence-electron chi connectivity index (χ4n) is 2.69. The van der Waals surface area contributed by atoms with Gasteiger partial charge in [-0.2, -0.15) is 13.5 Å². The summed E-state index contributed by atoms with van der Waals surface area (Å²) in [5.41, 5.74) is 0.912. The minimum absolute atomic E-state index is 0.113. The molecule has 0 heterocycles. The van der Waals surface area contributed by atoms with Crippen molar-refractivity contribution in [3.63, 3.8) is 0 Å². The van der Waals surface area contributed by atoms with Gasteiger partial charge in [0.25, 0.3) is 11.4 Å². The van der Waals surface area contributed by atoms with E-state index in [1.807, 2.05) is 0 Å². The van der Waals surface area contributed by atoms with Crippen molar-refractivity contribution in [1.82, 2.24) is 0 Å². The number of hydrogen-bond acceptors (Lipinski definition) is 11. The summed E-state index contributed by atoms with van der Waals surface area (Å²) < 4.78 is 30.1. The fraction of sp³-hybridized carbons (Fsp3) is 0. The van der Waals surface area contributed by atoms with Gasteiger partial charge in [0.15, 0.2) is 4.90 Å². The molecular weight excluding hydrogens is 474 g/mol. The Kier molecular flexibility index (Phi) is 6.77. The van der Waals surface area contributed by atoms with Crippen LogP contribution in [0, 0.1) is 30.3 Å². The highest BCUT2D eigenvalue weighted by molar-refractivity contribution is 7.87. The molecule has 0 spiro atoms.